The van der Waals surface area contributed by atoms with E-state index >= 15 is 4.39 Å². The average molecular weight is 451 g/mol. The Hall–Kier alpha value is -3.14. The Kier molecular flexibility index (Phi) is 7.12. The molecule has 0 heterocycles. The molecule has 0 fully saturated rings. The van der Waals surface area contributed by atoms with Crippen molar-refractivity contribution in [2.45, 2.75) is 45.4 Å². The molecule has 170 valence electrons. The van der Waals surface area contributed by atoms with Crippen molar-refractivity contribution in [2.75, 3.05) is 0 Å². The molecule has 0 aliphatic carbocycles. The molecule has 0 atom stereocenters. The van der Waals surface area contributed by atoms with Gasteiger partial charge in [0.1, 0.15) is 23.3 Å². The van der Waals surface area contributed by atoms with Crippen LogP contribution in [0.5, 0.6) is 0 Å². The van der Waals surface area contributed by atoms with E-state index in [0.29, 0.717) is 46.7 Å². The van der Waals surface area contributed by atoms with Gasteiger partial charge in [0.05, 0.1) is 5.56 Å². The minimum absolute atomic E-state index is 0.0862. The van der Waals surface area contributed by atoms with Crippen LogP contribution in [0.3, 0.4) is 0 Å². The molecule has 0 aliphatic rings. The molecule has 0 saturated carbocycles. The smallest absolute Gasteiger partial charge is 0.134 e. The highest BCUT2D eigenvalue weighted by atomic mass is 19.1. The lowest BCUT2D eigenvalue weighted by Crippen LogP contribution is -1.97. The molecule has 0 radical (unpaired) electrons. The number of halogens is 4. The highest BCUT2D eigenvalue weighted by Gasteiger charge is 2.15. The largest absolute Gasteiger partial charge is 0.207 e. The fraction of sp³-hybridized carbons (Fsp3) is 0.241. The Morgan fingerprint density at radius 3 is 2.06 bits per heavy atom. The van der Waals surface area contributed by atoms with Gasteiger partial charge < -0.3 is 0 Å². The summed E-state index contributed by atoms with van der Waals surface area (Å²) in [5.41, 5.74) is 2.43. The van der Waals surface area contributed by atoms with E-state index in [-0.39, 0.29) is 17.2 Å². The molecule has 4 rings (SSSR count). The Labute approximate surface area is 191 Å². The van der Waals surface area contributed by atoms with Crippen LogP contribution in [-0.4, -0.2) is 0 Å². The van der Waals surface area contributed by atoms with E-state index in [2.05, 4.69) is 6.92 Å². The predicted octanol–water partition coefficient (Wildman–Crippen LogP) is 8.58. The molecule has 0 unspecified atom stereocenters. The number of unbranched alkanes of at least 4 members (excludes halogenated alkanes) is 2. The second-order valence-corrected chi connectivity index (χ2v) is 8.49. The first kappa shape index (κ1) is 23.0. The Bertz CT molecular complexity index is 1240. The third-order valence-electron chi connectivity index (χ3n) is 6.09. The summed E-state index contributed by atoms with van der Waals surface area (Å²) in [6.07, 6.45) is 4.66. The minimum atomic E-state index is -0.600. The van der Waals surface area contributed by atoms with Crippen LogP contribution in [0.15, 0.2) is 66.7 Å². The number of hydrogen-bond acceptors (Lipinski definition) is 0. The van der Waals surface area contributed by atoms with E-state index in [1.165, 1.54) is 24.3 Å². The second-order valence-electron chi connectivity index (χ2n) is 8.49. The van der Waals surface area contributed by atoms with Crippen molar-refractivity contribution < 1.29 is 17.6 Å². The summed E-state index contributed by atoms with van der Waals surface area (Å²) >= 11 is 0. The number of hydrogen-bond donors (Lipinski definition) is 0. The lowest BCUT2D eigenvalue weighted by atomic mass is 9.95. The van der Waals surface area contributed by atoms with Crippen molar-refractivity contribution in [3.63, 3.8) is 0 Å². The summed E-state index contributed by atoms with van der Waals surface area (Å²) in [4.78, 5) is 0. The number of aryl methyl sites for hydroxylation is 3. The van der Waals surface area contributed by atoms with Gasteiger partial charge in [-0.1, -0.05) is 56.2 Å². The fourth-order valence-corrected chi connectivity index (χ4v) is 4.24. The monoisotopic (exact) mass is 450 g/mol. The maximum Gasteiger partial charge on any atom is 0.134 e. The standard InChI is InChI=1S/C29H26F4/c1-2-3-4-5-20-16-26(31)28(27(32)17-20)23-12-15-25-22(18-23)11-10-21(29(25)33)9-6-19-7-13-24(30)14-8-19/h7-8,10-18H,2-6,9H2,1H3. The van der Waals surface area contributed by atoms with E-state index in [0.717, 1.165) is 24.8 Å². The number of fused-ring (bicyclic) bond motifs is 1. The third kappa shape index (κ3) is 5.27. The van der Waals surface area contributed by atoms with Crippen molar-refractivity contribution in [1.29, 1.82) is 0 Å². The molecule has 4 aromatic rings. The number of benzene rings is 4. The average Bonchev–Trinajstić information content (AvgIpc) is 2.79. The van der Waals surface area contributed by atoms with Gasteiger partial charge in [-0.2, -0.15) is 0 Å². The van der Waals surface area contributed by atoms with E-state index in [4.69, 9.17) is 0 Å². The molecule has 0 amide bonds. The van der Waals surface area contributed by atoms with Gasteiger partial charge >= 0.3 is 0 Å². The zero-order chi connectivity index (χ0) is 23.4. The van der Waals surface area contributed by atoms with Gasteiger partial charge in [-0.05, 0) is 83.7 Å². The Morgan fingerprint density at radius 2 is 1.36 bits per heavy atom. The van der Waals surface area contributed by atoms with Gasteiger partial charge in [-0.3, -0.25) is 0 Å². The predicted molar refractivity (Wildman–Crippen MR) is 126 cm³/mol. The first-order chi connectivity index (χ1) is 16.0. The first-order valence-electron chi connectivity index (χ1n) is 11.4. The summed E-state index contributed by atoms with van der Waals surface area (Å²) in [5.74, 6) is -1.84. The first-order valence-corrected chi connectivity index (χ1v) is 11.4. The topological polar surface area (TPSA) is 0 Å². The van der Waals surface area contributed by atoms with Crippen molar-refractivity contribution in [1.82, 2.24) is 0 Å². The van der Waals surface area contributed by atoms with E-state index in [1.54, 1.807) is 42.5 Å². The van der Waals surface area contributed by atoms with Gasteiger partial charge in [0.25, 0.3) is 0 Å². The molecule has 0 N–H and O–H groups in total. The summed E-state index contributed by atoms with van der Waals surface area (Å²) in [5, 5.41) is 0.994. The van der Waals surface area contributed by atoms with Crippen LogP contribution in [0.4, 0.5) is 17.6 Å². The van der Waals surface area contributed by atoms with E-state index in [9.17, 15) is 13.2 Å². The molecule has 0 aromatic heterocycles. The highest BCUT2D eigenvalue weighted by Crippen LogP contribution is 2.32. The third-order valence-corrected chi connectivity index (χ3v) is 6.09. The summed E-state index contributed by atoms with van der Waals surface area (Å²) in [6.45, 7) is 2.08. The lowest BCUT2D eigenvalue weighted by Gasteiger charge is -2.11. The molecule has 0 saturated heterocycles. The zero-order valence-electron chi connectivity index (χ0n) is 18.6. The zero-order valence-corrected chi connectivity index (χ0v) is 18.6. The van der Waals surface area contributed by atoms with Crippen molar-refractivity contribution in [2.24, 2.45) is 0 Å². The molecule has 4 heteroatoms. The second kappa shape index (κ2) is 10.2. The van der Waals surface area contributed by atoms with Gasteiger partial charge in [0, 0.05) is 5.39 Å². The van der Waals surface area contributed by atoms with E-state index < -0.39 is 11.6 Å². The van der Waals surface area contributed by atoms with Crippen molar-refractivity contribution in [3.05, 3.63) is 107 Å². The van der Waals surface area contributed by atoms with Crippen LogP contribution in [0.1, 0.15) is 42.9 Å². The fourth-order valence-electron chi connectivity index (χ4n) is 4.24. The molecule has 0 nitrogen and oxygen atoms in total. The molecule has 0 spiro atoms. The molecule has 0 bridgehead atoms. The molecule has 0 aliphatic heterocycles. The summed E-state index contributed by atoms with van der Waals surface area (Å²) in [7, 11) is 0. The normalized spacial score (nSPS) is 11.3. The van der Waals surface area contributed by atoms with Crippen molar-refractivity contribution in [3.8, 4) is 11.1 Å². The van der Waals surface area contributed by atoms with Crippen LogP contribution in [-0.2, 0) is 19.3 Å². The summed E-state index contributed by atoms with van der Waals surface area (Å²) in [6, 6.07) is 17.2. The lowest BCUT2D eigenvalue weighted by molar-refractivity contribution is 0.584. The van der Waals surface area contributed by atoms with E-state index in [1.807, 2.05) is 0 Å². The van der Waals surface area contributed by atoms with Gasteiger partial charge in [0.2, 0.25) is 0 Å². The number of rotatable bonds is 8. The van der Waals surface area contributed by atoms with Crippen LogP contribution >= 0.6 is 0 Å². The highest BCUT2D eigenvalue weighted by molar-refractivity contribution is 5.88. The van der Waals surface area contributed by atoms with Crippen LogP contribution in [0, 0.1) is 23.3 Å². The molecular weight excluding hydrogens is 424 g/mol. The van der Waals surface area contributed by atoms with Crippen molar-refractivity contribution >= 4 is 10.8 Å². The SMILES string of the molecule is CCCCCc1cc(F)c(-c2ccc3c(F)c(CCc4ccc(F)cc4)ccc3c2)c(F)c1. The Morgan fingerprint density at radius 1 is 0.636 bits per heavy atom. The minimum Gasteiger partial charge on any atom is -0.207 e. The van der Waals surface area contributed by atoms with Crippen LogP contribution < -0.4 is 0 Å². The maximum absolute atomic E-state index is 15.1. The Balaban J connectivity index is 1.58. The quantitative estimate of drug-likeness (QED) is 0.186. The van der Waals surface area contributed by atoms with Gasteiger partial charge in [0.15, 0.2) is 0 Å². The maximum atomic E-state index is 15.1. The van der Waals surface area contributed by atoms with Gasteiger partial charge in [-0.25, -0.2) is 17.6 Å². The summed E-state index contributed by atoms with van der Waals surface area (Å²) < 4.78 is 57.8. The van der Waals surface area contributed by atoms with Gasteiger partial charge in [-0.15, -0.1) is 0 Å². The molecular formula is C29H26F4. The molecule has 4 aromatic carbocycles. The van der Waals surface area contributed by atoms with Crippen LogP contribution in [0.25, 0.3) is 21.9 Å². The molecule has 33 heavy (non-hydrogen) atoms. The van der Waals surface area contributed by atoms with Crippen LogP contribution in [0.2, 0.25) is 0 Å².